The second kappa shape index (κ2) is 10.8. The van der Waals surface area contributed by atoms with E-state index in [-0.39, 0.29) is 17.7 Å². The van der Waals surface area contributed by atoms with Crippen molar-refractivity contribution in [1.82, 2.24) is 20.4 Å². The number of carbonyl (C=O) groups excluding carboxylic acids is 1. The van der Waals surface area contributed by atoms with E-state index in [2.05, 4.69) is 20.4 Å². The summed E-state index contributed by atoms with van der Waals surface area (Å²) in [5.74, 6) is 2.01. The quantitative estimate of drug-likeness (QED) is 0.479. The predicted molar refractivity (Wildman–Crippen MR) is 119 cm³/mol. The molecule has 3 aromatic rings. The van der Waals surface area contributed by atoms with Crippen molar-refractivity contribution in [3.8, 4) is 23.0 Å². The Kier molecular flexibility index (Phi) is 7.91. The molecule has 3 rings (SSSR count). The molecule has 0 aliphatic heterocycles. The average molecular weight is 443 g/mol. The van der Waals surface area contributed by atoms with E-state index >= 15 is 0 Å². The third-order valence-corrected chi connectivity index (χ3v) is 5.48. The molecule has 0 saturated heterocycles. The highest BCUT2D eigenvalue weighted by atomic mass is 32.2. The van der Waals surface area contributed by atoms with Crippen LogP contribution in [0.4, 0.5) is 0 Å². The van der Waals surface area contributed by atoms with E-state index in [9.17, 15) is 4.79 Å². The Morgan fingerprint density at radius 2 is 1.84 bits per heavy atom. The highest BCUT2D eigenvalue weighted by Gasteiger charge is 2.17. The minimum absolute atomic E-state index is 0.0223. The van der Waals surface area contributed by atoms with Crippen molar-refractivity contribution in [3.05, 3.63) is 54.1 Å². The van der Waals surface area contributed by atoms with Crippen LogP contribution in [-0.4, -0.2) is 61.6 Å². The lowest BCUT2D eigenvalue weighted by atomic mass is 10.1. The van der Waals surface area contributed by atoms with Crippen LogP contribution in [0.1, 0.15) is 11.6 Å². The summed E-state index contributed by atoms with van der Waals surface area (Å²) in [6, 6.07) is 15.2. The molecule has 0 bridgehead atoms. The van der Waals surface area contributed by atoms with Gasteiger partial charge in [-0.05, 0) is 56.1 Å². The number of aromatic nitrogens is 2. The molecule has 1 heterocycles. The number of nitrogens with zero attached hydrogens (tertiary/aromatic N) is 3. The van der Waals surface area contributed by atoms with Crippen LogP contribution < -0.4 is 14.8 Å². The Labute approximate surface area is 185 Å². The van der Waals surface area contributed by atoms with Gasteiger partial charge in [0.2, 0.25) is 11.8 Å². The van der Waals surface area contributed by atoms with Crippen molar-refractivity contribution in [3.63, 3.8) is 0 Å². The van der Waals surface area contributed by atoms with Crippen LogP contribution in [0.3, 0.4) is 0 Å². The van der Waals surface area contributed by atoms with Crippen LogP contribution in [-0.2, 0) is 4.79 Å². The van der Waals surface area contributed by atoms with E-state index < -0.39 is 0 Å². The fourth-order valence-corrected chi connectivity index (χ4v) is 3.55. The largest absolute Gasteiger partial charge is 0.497 e. The molecule has 0 fully saturated rings. The van der Waals surface area contributed by atoms with Crippen LogP contribution >= 0.6 is 11.8 Å². The third-order valence-electron chi connectivity index (χ3n) is 4.66. The number of ether oxygens (including phenoxy) is 2. The minimum Gasteiger partial charge on any atom is -0.497 e. The summed E-state index contributed by atoms with van der Waals surface area (Å²) >= 11 is 1.20. The van der Waals surface area contributed by atoms with Gasteiger partial charge in [0.15, 0.2) is 0 Å². The second-order valence-electron chi connectivity index (χ2n) is 6.95. The molecule has 1 N–H and O–H groups in total. The van der Waals surface area contributed by atoms with Crippen LogP contribution in [0, 0.1) is 0 Å². The molecule has 8 nitrogen and oxygen atoms in total. The lowest BCUT2D eigenvalue weighted by molar-refractivity contribution is -0.118. The number of methoxy groups -OCH3 is 2. The number of hydrogen-bond acceptors (Lipinski definition) is 8. The molecule has 0 saturated carbocycles. The zero-order valence-corrected chi connectivity index (χ0v) is 18.8. The maximum Gasteiger partial charge on any atom is 0.277 e. The van der Waals surface area contributed by atoms with Crippen molar-refractivity contribution < 1.29 is 18.7 Å². The fourth-order valence-electron chi connectivity index (χ4n) is 2.95. The van der Waals surface area contributed by atoms with Gasteiger partial charge in [-0.2, -0.15) is 0 Å². The molecule has 164 valence electrons. The minimum atomic E-state index is -0.107. The van der Waals surface area contributed by atoms with Crippen LogP contribution in [0.25, 0.3) is 11.5 Å². The van der Waals surface area contributed by atoms with Gasteiger partial charge >= 0.3 is 0 Å². The number of nitrogens with one attached hydrogen (secondary N) is 1. The standard InChI is InChI=1S/C22H26N4O4S/c1-26(2)19(16-6-5-7-18(12-16)29-4)13-23-20(27)14-31-22-25-24-21(30-22)15-8-10-17(28-3)11-9-15/h5-12,19H,13-14H2,1-4H3,(H,23,27). The highest BCUT2D eigenvalue weighted by Crippen LogP contribution is 2.25. The number of benzene rings is 2. The molecule has 1 amide bonds. The van der Waals surface area contributed by atoms with E-state index in [0.29, 0.717) is 17.7 Å². The van der Waals surface area contributed by atoms with Gasteiger partial charge in [-0.1, -0.05) is 23.9 Å². The molecule has 1 aromatic heterocycles. The van der Waals surface area contributed by atoms with Gasteiger partial charge in [-0.3, -0.25) is 4.79 Å². The molecule has 31 heavy (non-hydrogen) atoms. The van der Waals surface area contributed by atoms with Gasteiger partial charge in [0.05, 0.1) is 26.0 Å². The summed E-state index contributed by atoms with van der Waals surface area (Å²) < 4.78 is 16.1. The van der Waals surface area contributed by atoms with E-state index in [4.69, 9.17) is 13.9 Å². The maximum atomic E-state index is 12.4. The Morgan fingerprint density at radius 1 is 1.10 bits per heavy atom. The highest BCUT2D eigenvalue weighted by molar-refractivity contribution is 7.99. The lowest BCUT2D eigenvalue weighted by Gasteiger charge is -2.25. The topological polar surface area (TPSA) is 89.7 Å². The molecule has 2 aromatic carbocycles. The number of carbonyl (C=O) groups is 1. The first-order valence-corrected chi connectivity index (χ1v) is 10.7. The number of hydrogen-bond donors (Lipinski definition) is 1. The Hall–Kier alpha value is -3.04. The SMILES string of the molecule is COc1ccc(-c2nnc(SCC(=O)NCC(c3cccc(OC)c3)N(C)C)o2)cc1. The van der Waals surface area contributed by atoms with Gasteiger partial charge in [0, 0.05) is 12.1 Å². The number of rotatable bonds is 10. The number of likely N-dealkylation sites (N-methyl/N-ethyl adjacent to an activating group) is 1. The molecular formula is C22H26N4O4S. The van der Waals surface area contributed by atoms with Crippen LogP contribution in [0.15, 0.2) is 58.2 Å². The molecule has 0 aliphatic carbocycles. The van der Waals surface area contributed by atoms with Gasteiger partial charge < -0.3 is 24.1 Å². The van der Waals surface area contributed by atoms with Crippen molar-refractivity contribution in [1.29, 1.82) is 0 Å². The van der Waals surface area contributed by atoms with E-state index in [0.717, 1.165) is 22.6 Å². The second-order valence-corrected chi connectivity index (χ2v) is 7.88. The van der Waals surface area contributed by atoms with Crippen molar-refractivity contribution in [2.24, 2.45) is 0 Å². The smallest absolute Gasteiger partial charge is 0.277 e. The molecule has 1 atom stereocenters. The molecule has 1 unspecified atom stereocenters. The zero-order chi connectivity index (χ0) is 22.2. The van der Waals surface area contributed by atoms with Crippen molar-refractivity contribution >= 4 is 17.7 Å². The summed E-state index contributed by atoms with van der Waals surface area (Å²) in [4.78, 5) is 14.4. The van der Waals surface area contributed by atoms with E-state index in [1.165, 1.54) is 11.8 Å². The Balaban J connectivity index is 1.53. The fraction of sp³-hybridized carbons (Fsp3) is 0.318. The van der Waals surface area contributed by atoms with Crippen LogP contribution in [0.2, 0.25) is 0 Å². The number of thioether (sulfide) groups is 1. The third kappa shape index (κ3) is 6.22. The zero-order valence-electron chi connectivity index (χ0n) is 18.0. The van der Waals surface area contributed by atoms with Gasteiger partial charge in [0.25, 0.3) is 5.22 Å². The first-order valence-electron chi connectivity index (χ1n) is 9.68. The predicted octanol–water partition coefficient (Wildman–Crippen LogP) is 3.27. The summed E-state index contributed by atoms with van der Waals surface area (Å²) in [7, 11) is 7.20. The van der Waals surface area contributed by atoms with E-state index in [1.54, 1.807) is 14.2 Å². The Bertz CT molecular complexity index is 991. The monoisotopic (exact) mass is 442 g/mol. The first kappa shape index (κ1) is 22.6. The molecule has 9 heteroatoms. The summed E-state index contributed by atoms with van der Waals surface area (Å²) in [5.41, 5.74) is 1.86. The van der Waals surface area contributed by atoms with Crippen molar-refractivity contribution in [2.45, 2.75) is 11.3 Å². The summed E-state index contributed by atoms with van der Waals surface area (Å²) in [6.45, 7) is 0.473. The lowest BCUT2D eigenvalue weighted by Crippen LogP contribution is -2.35. The van der Waals surface area contributed by atoms with E-state index in [1.807, 2.05) is 62.6 Å². The Morgan fingerprint density at radius 3 is 2.52 bits per heavy atom. The van der Waals surface area contributed by atoms with Crippen molar-refractivity contribution in [2.75, 3.05) is 40.6 Å². The molecule has 0 aliphatic rings. The summed E-state index contributed by atoms with van der Waals surface area (Å²) in [5, 5.41) is 11.4. The molecular weight excluding hydrogens is 416 g/mol. The van der Waals surface area contributed by atoms with Crippen LogP contribution in [0.5, 0.6) is 11.5 Å². The normalized spacial score (nSPS) is 11.9. The first-order chi connectivity index (χ1) is 15.0. The number of amides is 1. The molecule has 0 radical (unpaired) electrons. The average Bonchev–Trinajstić information content (AvgIpc) is 3.27. The summed E-state index contributed by atoms with van der Waals surface area (Å²) in [6.07, 6.45) is 0. The van der Waals surface area contributed by atoms with Gasteiger partial charge in [-0.25, -0.2) is 0 Å². The maximum absolute atomic E-state index is 12.4. The van der Waals surface area contributed by atoms with Gasteiger partial charge in [0.1, 0.15) is 11.5 Å². The molecule has 0 spiro atoms. The van der Waals surface area contributed by atoms with Gasteiger partial charge in [-0.15, -0.1) is 10.2 Å².